The van der Waals surface area contributed by atoms with Crippen molar-refractivity contribution in [3.63, 3.8) is 0 Å². The summed E-state index contributed by atoms with van der Waals surface area (Å²) in [7, 11) is 1.60. The summed E-state index contributed by atoms with van der Waals surface area (Å²) >= 11 is 1.43. The van der Waals surface area contributed by atoms with E-state index in [1.165, 1.54) is 16.9 Å². The summed E-state index contributed by atoms with van der Waals surface area (Å²) < 4.78 is 10.8. The van der Waals surface area contributed by atoms with E-state index in [1.54, 1.807) is 14.0 Å². The zero-order chi connectivity index (χ0) is 15.2. The average Bonchev–Trinajstić information content (AvgIpc) is 2.83. The minimum absolute atomic E-state index is 0.0328. The molecule has 4 nitrogen and oxygen atoms in total. The molecule has 0 radical (unpaired) electrons. The number of methoxy groups -OCH3 is 1. The van der Waals surface area contributed by atoms with Crippen molar-refractivity contribution in [2.45, 2.75) is 26.9 Å². The van der Waals surface area contributed by atoms with E-state index in [4.69, 9.17) is 9.47 Å². The molecular weight excluding hydrogens is 286 g/mol. The molecule has 1 aromatic heterocycles. The number of ketones is 1. The SMILES string of the molecule is COCc1nc(CCOc2cccc(C)c2)sc1C(C)=O. The third-order valence-electron chi connectivity index (χ3n) is 2.92. The summed E-state index contributed by atoms with van der Waals surface area (Å²) in [6.07, 6.45) is 0.683. The molecule has 2 rings (SSSR count). The summed E-state index contributed by atoms with van der Waals surface area (Å²) in [4.78, 5) is 16.7. The molecule has 0 atom stereocenters. The molecule has 0 unspecified atom stereocenters. The van der Waals surface area contributed by atoms with Gasteiger partial charge in [-0.15, -0.1) is 11.3 Å². The van der Waals surface area contributed by atoms with Crippen LogP contribution in [0.25, 0.3) is 0 Å². The van der Waals surface area contributed by atoms with Crippen LogP contribution in [0.3, 0.4) is 0 Å². The molecule has 0 N–H and O–H groups in total. The van der Waals surface area contributed by atoms with Crippen molar-refractivity contribution in [3.05, 3.63) is 45.4 Å². The van der Waals surface area contributed by atoms with Gasteiger partial charge in [-0.3, -0.25) is 4.79 Å². The van der Waals surface area contributed by atoms with Crippen LogP contribution in [0.2, 0.25) is 0 Å². The van der Waals surface area contributed by atoms with Gasteiger partial charge in [0.1, 0.15) is 5.75 Å². The number of carbonyl (C=O) groups excluding carboxylic acids is 1. The molecule has 2 aromatic rings. The highest BCUT2D eigenvalue weighted by Crippen LogP contribution is 2.21. The van der Waals surface area contributed by atoms with Crippen molar-refractivity contribution in [2.24, 2.45) is 0 Å². The Hall–Kier alpha value is -1.72. The number of Topliss-reactive ketones (excluding diaryl/α,β-unsaturated/α-hetero) is 1. The topological polar surface area (TPSA) is 48.4 Å². The van der Waals surface area contributed by atoms with E-state index in [9.17, 15) is 4.79 Å². The van der Waals surface area contributed by atoms with Crippen LogP contribution in [0.1, 0.15) is 32.9 Å². The average molecular weight is 305 g/mol. The van der Waals surface area contributed by atoms with Gasteiger partial charge in [0.2, 0.25) is 0 Å². The molecular formula is C16H19NO3S. The first-order chi connectivity index (χ1) is 10.1. The van der Waals surface area contributed by atoms with E-state index in [1.807, 2.05) is 31.2 Å². The number of carbonyl (C=O) groups is 1. The number of hydrogen-bond acceptors (Lipinski definition) is 5. The maximum absolute atomic E-state index is 11.6. The Morgan fingerprint density at radius 2 is 2.19 bits per heavy atom. The van der Waals surface area contributed by atoms with E-state index in [-0.39, 0.29) is 5.78 Å². The number of ether oxygens (including phenoxy) is 2. The summed E-state index contributed by atoms with van der Waals surface area (Å²) in [6, 6.07) is 7.94. The fraction of sp³-hybridized carbons (Fsp3) is 0.375. The van der Waals surface area contributed by atoms with Gasteiger partial charge in [-0.25, -0.2) is 4.98 Å². The fourth-order valence-corrected chi connectivity index (χ4v) is 2.92. The lowest BCUT2D eigenvalue weighted by Crippen LogP contribution is -2.01. The molecule has 0 saturated heterocycles. The minimum atomic E-state index is 0.0328. The van der Waals surface area contributed by atoms with Gasteiger partial charge in [0.25, 0.3) is 0 Å². The summed E-state index contributed by atoms with van der Waals surface area (Å²) in [5.41, 5.74) is 1.89. The Bertz CT molecular complexity index is 622. The van der Waals surface area contributed by atoms with Gasteiger partial charge >= 0.3 is 0 Å². The van der Waals surface area contributed by atoms with Crippen molar-refractivity contribution >= 4 is 17.1 Å². The molecule has 1 aromatic carbocycles. The van der Waals surface area contributed by atoms with Gasteiger partial charge in [0.05, 0.1) is 28.8 Å². The van der Waals surface area contributed by atoms with E-state index in [2.05, 4.69) is 4.98 Å². The standard InChI is InChI=1S/C16H19NO3S/c1-11-5-4-6-13(9-11)20-8-7-15-17-14(10-19-3)16(21-15)12(2)18/h4-6,9H,7-8,10H2,1-3H3. The summed E-state index contributed by atoms with van der Waals surface area (Å²) in [5, 5.41) is 0.903. The zero-order valence-corrected chi connectivity index (χ0v) is 13.3. The third-order valence-corrected chi connectivity index (χ3v) is 4.17. The monoisotopic (exact) mass is 305 g/mol. The lowest BCUT2D eigenvalue weighted by molar-refractivity contribution is 0.101. The van der Waals surface area contributed by atoms with Crippen LogP contribution in [0, 0.1) is 6.92 Å². The second kappa shape index (κ2) is 7.33. The van der Waals surface area contributed by atoms with Crippen LogP contribution in [-0.4, -0.2) is 24.5 Å². The van der Waals surface area contributed by atoms with E-state index < -0.39 is 0 Å². The molecule has 0 fully saturated rings. The molecule has 0 spiro atoms. The number of thiazole rings is 1. The minimum Gasteiger partial charge on any atom is -0.493 e. The van der Waals surface area contributed by atoms with Gasteiger partial charge in [0.15, 0.2) is 5.78 Å². The molecule has 21 heavy (non-hydrogen) atoms. The lowest BCUT2D eigenvalue weighted by Gasteiger charge is -2.05. The molecule has 112 valence electrons. The molecule has 1 heterocycles. The Morgan fingerprint density at radius 3 is 2.86 bits per heavy atom. The van der Waals surface area contributed by atoms with Gasteiger partial charge in [-0.05, 0) is 24.6 Å². The van der Waals surface area contributed by atoms with Crippen molar-refractivity contribution in [3.8, 4) is 5.75 Å². The first-order valence-electron chi connectivity index (χ1n) is 6.78. The first kappa shape index (κ1) is 15.7. The summed E-state index contributed by atoms with van der Waals surface area (Å²) in [5.74, 6) is 0.890. The molecule has 5 heteroatoms. The predicted molar refractivity (Wildman–Crippen MR) is 83.2 cm³/mol. The predicted octanol–water partition coefficient (Wildman–Crippen LogP) is 3.42. The number of hydrogen-bond donors (Lipinski definition) is 0. The van der Waals surface area contributed by atoms with Crippen LogP contribution in [0.4, 0.5) is 0 Å². The largest absolute Gasteiger partial charge is 0.493 e. The van der Waals surface area contributed by atoms with Crippen LogP contribution in [0.15, 0.2) is 24.3 Å². The Kier molecular flexibility index (Phi) is 5.47. The zero-order valence-electron chi connectivity index (χ0n) is 12.5. The van der Waals surface area contributed by atoms with Crippen molar-refractivity contribution in [1.82, 2.24) is 4.98 Å². The van der Waals surface area contributed by atoms with Crippen molar-refractivity contribution < 1.29 is 14.3 Å². The van der Waals surface area contributed by atoms with Crippen molar-refractivity contribution in [2.75, 3.05) is 13.7 Å². The molecule has 0 aliphatic carbocycles. The second-order valence-corrected chi connectivity index (χ2v) is 5.87. The maximum atomic E-state index is 11.6. The third kappa shape index (κ3) is 4.37. The Morgan fingerprint density at radius 1 is 1.38 bits per heavy atom. The van der Waals surface area contributed by atoms with Gasteiger partial charge in [0, 0.05) is 20.5 Å². The quantitative estimate of drug-likeness (QED) is 0.735. The first-order valence-corrected chi connectivity index (χ1v) is 7.59. The Labute approximate surface area is 128 Å². The van der Waals surface area contributed by atoms with Crippen LogP contribution >= 0.6 is 11.3 Å². The smallest absolute Gasteiger partial charge is 0.171 e. The van der Waals surface area contributed by atoms with Crippen LogP contribution in [-0.2, 0) is 17.8 Å². The number of nitrogens with zero attached hydrogens (tertiary/aromatic N) is 1. The fourth-order valence-electron chi connectivity index (χ4n) is 1.98. The number of rotatable bonds is 7. The van der Waals surface area contributed by atoms with Crippen LogP contribution in [0.5, 0.6) is 5.75 Å². The van der Waals surface area contributed by atoms with Crippen LogP contribution < -0.4 is 4.74 Å². The van der Waals surface area contributed by atoms with Gasteiger partial charge < -0.3 is 9.47 Å². The van der Waals surface area contributed by atoms with Gasteiger partial charge in [-0.2, -0.15) is 0 Å². The highest BCUT2D eigenvalue weighted by Gasteiger charge is 2.14. The number of aromatic nitrogens is 1. The molecule has 0 aliphatic rings. The van der Waals surface area contributed by atoms with Crippen molar-refractivity contribution in [1.29, 1.82) is 0 Å². The molecule has 0 saturated carbocycles. The van der Waals surface area contributed by atoms with Gasteiger partial charge in [-0.1, -0.05) is 12.1 Å². The van der Waals surface area contributed by atoms with E-state index >= 15 is 0 Å². The highest BCUT2D eigenvalue weighted by atomic mass is 32.1. The molecule has 0 aliphatic heterocycles. The maximum Gasteiger partial charge on any atom is 0.171 e. The van der Waals surface area contributed by atoms with E-state index in [0.29, 0.717) is 24.5 Å². The Balaban J connectivity index is 1.97. The molecule has 0 amide bonds. The molecule has 0 bridgehead atoms. The summed E-state index contributed by atoms with van der Waals surface area (Å²) in [6.45, 7) is 4.49. The number of aryl methyl sites for hydroxylation is 1. The number of benzene rings is 1. The second-order valence-electron chi connectivity index (χ2n) is 4.79. The normalized spacial score (nSPS) is 10.6. The lowest BCUT2D eigenvalue weighted by atomic mass is 10.2. The highest BCUT2D eigenvalue weighted by molar-refractivity contribution is 7.13. The van der Waals surface area contributed by atoms with E-state index in [0.717, 1.165) is 16.5 Å².